The zero-order valence-corrected chi connectivity index (χ0v) is 14.2. The Morgan fingerprint density at radius 3 is 2.92 bits per heavy atom. The minimum Gasteiger partial charge on any atom is -0.503 e. The highest BCUT2D eigenvalue weighted by Gasteiger charge is 2.10. The summed E-state index contributed by atoms with van der Waals surface area (Å²) in [6.45, 7) is -0.251. The number of hydrogen-bond acceptors (Lipinski definition) is 6. The van der Waals surface area contributed by atoms with Crippen LogP contribution in [0.25, 0.3) is 0 Å². The molecule has 0 aliphatic carbocycles. The summed E-state index contributed by atoms with van der Waals surface area (Å²) in [6.07, 6.45) is 2.74. The van der Waals surface area contributed by atoms with Crippen molar-refractivity contribution in [2.45, 2.75) is 0 Å². The normalized spacial score (nSPS) is 10.6. The zero-order valence-electron chi connectivity index (χ0n) is 12.6. The standard InChI is InChI=1S/C15H14BrN3O5/c1-23-12-6-9(5-10(16)14(12)21)7-18-19-13(20)8-17-15(22)11-3-2-4-24-11/h2-7,21H,8H2,1H3,(H,17,22)(H,19,20)/b18-7-. The van der Waals surface area contributed by atoms with E-state index in [1.165, 1.54) is 25.7 Å². The smallest absolute Gasteiger partial charge is 0.287 e. The zero-order chi connectivity index (χ0) is 17.5. The summed E-state index contributed by atoms with van der Waals surface area (Å²) in [7, 11) is 1.42. The number of ether oxygens (including phenoxy) is 1. The van der Waals surface area contributed by atoms with Gasteiger partial charge in [-0.25, -0.2) is 5.43 Å². The summed E-state index contributed by atoms with van der Waals surface area (Å²) in [6, 6.07) is 6.21. The molecule has 2 amide bonds. The molecule has 0 aliphatic rings. The molecule has 0 saturated heterocycles. The van der Waals surface area contributed by atoms with E-state index >= 15 is 0 Å². The Kier molecular flexibility index (Phi) is 5.96. The maximum Gasteiger partial charge on any atom is 0.287 e. The first kappa shape index (κ1) is 17.5. The van der Waals surface area contributed by atoms with Crippen LogP contribution in [0, 0.1) is 0 Å². The van der Waals surface area contributed by atoms with Gasteiger partial charge in [0.25, 0.3) is 11.8 Å². The second-order valence-electron chi connectivity index (χ2n) is 4.51. The summed E-state index contributed by atoms with van der Waals surface area (Å²) >= 11 is 3.18. The molecule has 126 valence electrons. The number of aromatic hydroxyl groups is 1. The predicted molar refractivity (Wildman–Crippen MR) is 89.1 cm³/mol. The highest BCUT2D eigenvalue weighted by Crippen LogP contribution is 2.34. The number of carbonyl (C=O) groups excluding carboxylic acids is 2. The number of benzene rings is 1. The first-order chi connectivity index (χ1) is 11.5. The van der Waals surface area contributed by atoms with E-state index in [0.29, 0.717) is 10.0 Å². The van der Waals surface area contributed by atoms with Crippen LogP contribution in [-0.4, -0.2) is 36.8 Å². The molecule has 0 unspecified atom stereocenters. The third kappa shape index (κ3) is 4.59. The number of halogens is 1. The average Bonchev–Trinajstić information content (AvgIpc) is 3.10. The van der Waals surface area contributed by atoms with Crippen LogP contribution in [0.15, 0.2) is 44.5 Å². The van der Waals surface area contributed by atoms with Gasteiger partial charge in [0.1, 0.15) is 0 Å². The summed E-state index contributed by atoms with van der Waals surface area (Å²) in [5.41, 5.74) is 2.86. The number of carbonyl (C=O) groups is 2. The first-order valence-corrected chi connectivity index (χ1v) is 7.50. The minimum atomic E-state index is -0.504. The molecule has 9 heteroatoms. The van der Waals surface area contributed by atoms with E-state index < -0.39 is 11.8 Å². The van der Waals surface area contributed by atoms with Crippen molar-refractivity contribution in [2.24, 2.45) is 5.10 Å². The number of nitrogens with zero attached hydrogens (tertiary/aromatic N) is 1. The fraction of sp³-hybridized carbons (Fsp3) is 0.133. The number of amides is 2. The van der Waals surface area contributed by atoms with Gasteiger partial charge in [0.15, 0.2) is 17.3 Å². The molecule has 0 spiro atoms. The molecule has 1 aromatic carbocycles. The Balaban J connectivity index is 1.86. The number of nitrogens with one attached hydrogen (secondary N) is 2. The lowest BCUT2D eigenvalue weighted by molar-refractivity contribution is -0.120. The lowest BCUT2D eigenvalue weighted by Gasteiger charge is -2.06. The number of rotatable bonds is 6. The number of phenolic OH excluding ortho intramolecular Hbond substituents is 1. The van der Waals surface area contributed by atoms with Gasteiger partial charge < -0.3 is 19.6 Å². The fourth-order valence-corrected chi connectivity index (χ4v) is 2.16. The van der Waals surface area contributed by atoms with Crippen LogP contribution in [0.4, 0.5) is 0 Å². The van der Waals surface area contributed by atoms with Gasteiger partial charge in [0, 0.05) is 0 Å². The van der Waals surface area contributed by atoms with Gasteiger partial charge in [-0.05, 0) is 45.8 Å². The maximum atomic E-state index is 11.6. The third-order valence-corrected chi connectivity index (χ3v) is 3.43. The molecule has 3 N–H and O–H groups in total. The van der Waals surface area contributed by atoms with E-state index in [-0.39, 0.29) is 23.8 Å². The van der Waals surface area contributed by atoms with E-state index in [4.69, 9.17) is 9.15 Å². The molecule has 0 aliphatic heterocycles. The number of phenols is 1. The van der Waals surface area contributed by atoms with Gasteiger partial charge in [-0.1, -0.05) is 0 Å². The van der Waals surface area contributed by atoms with E-state index in [0.717, 1.165) is 0 Å². The molecule has 0 fully saturated rings. The number of furan rings is 1. The molecule has 0 radical (unpaired) electrons. The van der Waals surface area contributed by atoms with E-state index in [9.17, 15) is 14.7 Å². The monoisotopic (exact) mass is 395 g/mol. The van der Waals surface area contributed by atoms with E-state index in [2.05, 4.69) is 31.8 Å². The lowest BCUT2D eigenvalue weighted by atomic mass is 10.2. The molecule has 8 nitrogen and oxygen atoms in total. The van der Waals surface area contributed by atoms with Crippen molar-refractivity contribution in [1.82, 2.24) is 10.7 Å². The van der Waals surface area contributed by atoms with Gasteiger partial charge in [0.05, 0.1) is 30.6 Å². The highest BCUT2D eigenvalue weighted by molar-refractivity contribution is 9.10. The van der Waals surface area contributed by atoms with Gasteiger partial charge >= 0.3 is 0 Å². The molecule has 1 heterocycles. The van der Waals surface area contributed by atoms with Crippen molar-refractivity contribution in [3.63, 3.8) is 0 Å². The molecular weight excluding hydrogens is 382 g/mol. The van der Waals surface area contributed by atoms with Crippen LogP contribution < -0.4 is 15.5 Å². The number of hydrogen-bond donors (Lipinski definition) is 3. The van der Waals surface area contributed by atoms with Crippen LogP contribution >= 0.6 is 15.9 Å². The van der Waals surface area contributed by atoms with Crippen molar-refractivity contribution in [3.8, 4) is 11.5 Å². The molecule has 2 rings (SSSR count). The number of hydrazone groups is 1. The van der Waals surface area contributed by atoms with Crippen LogP contribution in [-0.2, 0) is 4.79 Å². The second-order valence-corrected chi connectivity index (χ2v) is 5.36. The summed E-state index contributed by atoms with van der Waals surface area (Å²) in [5, 5.41) is 15.9. The minimum absolute atomic E-state index is 0.0284. The Bertz CT molecular complexity index is 759. The Morgan fingerprint density at radius 1 is 1.46 bits per heavy atom. The molecule has 0 atom stereocenters. The Labute approximate surface area is 145 Å². The lowest BCUT2D eigenvalue weighted by Crippen LogP contribution is -2.34. The highest BCUT2D eigenvalue weighted by atomic mass is 79.9. The molecule has 24 heavy (non-hydrogen) atoms. The van der Waals surface area contributed by atoms with Crippen molar-refractivity contribution >= 4 is 34.0 Å². The molecule has 0 bridgehead atoms. The van der Waals surface area contributed by atoms with Crippen molar-refractivity contribution < 1.29 is 23.8 Å². The van der Waals surface area contributed by atoms with Gasteiger partial charge in [-0.15, -0.1) is 0 Å². The largest absolute Gasteiger partial charge is 0.503 e. The first-order valence-electron chi connectivity index (χ1n) is 6.71. The Hall–Kier alpha value is -2.81. The summed E-state index contributed by atoms with van der Waals surface area (Å²) < 4.78 is 10.3. The third-order valence-electron chi connectivity index (χ3n) is 2.83. The van der Waals surface area contributed by atoms with Crippen molar-refractivity contribution in [2.75, 3.05) is 13.7 Å². The maximum absolute atomic E-state index is 11.6. The molecule has 0 saturated carbocycles. The van der Waals surface area contributed by atoms with Gasteiger partial charge in [0.2, 0.25) is 0 Å². The van der Waals surface area contributed by atoms with Crippen molar-refractivity contribution in [3.05, 3.63) is 46.3 Å². The predicted octanol–water partition coefficient (Wildman–Crippen LogP) is 1.64. The number of methoxy groups -OCH3 is 1. The van der Waals surface area contributed by atoms with E-state index in [1.807, 2.05) is 0 Å². The summed E-state index contributed by atoms with van der Waals surface area (Å²) in [4.78, 5) is 23.2. The quantitative estimate of drug-likeness (QED) is 0.508. The summed E-state index contributed by atoms with van der Waals surface area (Å²) in [5.74, 6) is -0.642. The Morgan fingerprint density at radius 2 is 2.25 bits per heavy atom. The van der Waals surface area contributed by atoms with Gasteiger partial charge in [-0.2, -0.15) is 5.10 Å². The molecule has 1 aromatic heterocycles. The van der Waals surface area contributed by atoms with Crippen LogP contribution in [0.3, 0.4) is 0 Å². The van der Waals surface area contributed by atoms with Gasteiger partial charge in [-0.3, -0.25) is 9.59 Å². The topological polar surface area (TPSA) is 113 Å². The average molecular weight is 396 g/mol. The molecular formula is C15H14BrN3O5. The van der Waals surface area contributed by atoms with E-state index in [1.54, 1.807) is 18.2 Å². The fourth-order valence-electron chi connectivity index (χ4n) is 1.70. The van der Waals surface area contributed by atoms with Crippen LogP contribution in [0.1, 0.15) is 16.1 Å². The van der Waals surface area contributed by atoms with Crippen LogP contribution in [0.2, 0.25) is 0 Å². The van der Waals surface area contributed by atoms with Crippen LogP contribution in [0.5, 0.6) is 11.5 Å². The molecule has 2 aromatic rings. The van der Waals surface area contributed by atoms with Crippen molar-refractivity contribution in [1.29, 1.82) is 0 Å². The SMILES string of the molecule is COc1cc(/C=N\NC(=O)CNC(=O)c2ccco2)cc(Br)c1O. The second kappa shape index (κ2) is 8.16.